The number of hydrogen-bond acceptors (Lipinski definition) is 5. The number of para-hydroxylation sites is 2. The molecule has 1 fully saturated rings. The van der Waals surface area contributed by atoms with E-state index in [2.05, 4.69) is 39.4 Å². The zero-order chi connectivity index (χ0) is 19.1. The molecule has 6 heteroatoms. The number of hydrogen-bond donors (Lipinski definition) is 2. The highest BCUT2D eigenvalue weighted by Crippen LogP contribution is 2.16. The molecule has 3 rings (SSSR count). The number of imide groups is 1. The monoisotopic (exact) mass is 367 g/mol. The molecule has 0 bridgehead atoms. The van der Waals surface area contributed by atoms with Crippen LogP contribution in [0.3, 0.4) is 0 Å². The lowest BCUT2D eigenvalue weighted by Gasteiger charge is -2.36. The summed E-state index contributed by atoms with van der Waals surface area (Å²) >= 11 is 0. The Morgan fingerprint density at radius 1 is 0.926 bits per heavy atom. The van der Waals surface area contributed by atoms with Gasteiger partial charge in [0.1, 0.15) is 5.75 Å². The quantitative estimate of drug-likeness (QED) is 0.819. The first-order valence-corrected chi connectivity index (χ1v) is 9.28. The van der Waals surface area contributed by atoms with Crippen LogP contribution in [0, 0.1) is 0 Å². The number of carbonyl (C=O) groups is 2. The van der Waals surface area contributed by atoms with Gasteiger partial charge in [-0.2, -0.15) is 0 Å². The molecule has 0 radical (unpaired) electrons. The molecular weight excluding hydrogens is 342 g/mol. The van der Waals surface area contributed by atoms with E-state index in [9.17, 15) is 14.7 Å². The van der Waals surface area contributed by atoms with Crippen molar-refractivity contribution in [1.29, 1.82) is 0 Å². The molecule has 0 aliphatic carbocycles. The molecule has 1 aliphatic heterocycles. The normalized spacial score (nSPS) is 14.7. The van der Waals surface area contributed by atoms with Crippen LogP contribution < -0.4 is 10.2 Å². The molecule has 0 spiro atoms. The summed E-state index contributed by atoms with van der Waals surface area (Å²) in [7, 11) is 0. The zero-order valence-corrected chi connectivity index (χ0v) is 15.3. The van der Waals surface area contributed by atoms with Crippen molar-refractivity contribution in [3.63, 3.8) is 0 Å². The fourth-order valence-electron chi connectivity index (χ4n) is 3.25. The van der Waals surface area contributed by atoms with Crippen LogP contribution in [0.25, 0.3) is 0 Å². The second kappa shape index (κ2) is 9.19. The molecule has 2 N–H and O–H groups in total. The summed E-state index contributed by atoms with van der Waals surface area (Å²) in [6.07, 6.45) is 0.990. The maximum Gasteiger partial charge on any atom is 0.261 e. The van der Waals surface area contributed by atoms with Crippen LogP contribution in [0.2, 0.25) is 0 Å². The zero-order valence-electron chi connectivity index (χ0n) is 15.3. The molecule has 0 unspecified atom stereocenters. The highest BCUT2D eigenvalue weighted by molar-refractivity contribution is 6.06. The minimum atomic E-state index is -0.561. The topological polar surface area (TPSA) is 72.9 Å². The number of nitrogens with one attached hydrogen (secondary N) is 1. The Labute approximate surface area is 159 Å². The van der Waals surface area contributed by atoms with Crippen LogP contribution in [-0.4, -0.2) is 54.5 Å². The third-order valence-corrected chi connectivity index (χ3v) is 4.77. The minimum Gasteiger partial charge on any atom is -0.507 e. The van der Waals surface area contributed by atoms with Crippen molar-refractivity contribution in [2.24, 2.45) is 0 Å². The van der Waals surface area contributed by atoms with Gasteiger partial charge in [-0.25, -0.2) is 0 Å². The fraction of sp³-hybridized carbons (Fsp3) is 0.333. The summed E-state index contributed by atoms with van der Waals surface area (Å²) in [5, 5.41) is 12.0. The first-order chi connectivity index (χ1) is 13.1. The molecular formula is C21H25N3O3. The van der Waals surface area contributed by atoms with Crippen LogP contribution in [-0.2, 0) is 4.79 Å². The van der Waals surface area contributed by atoms with Gasteiger partial charge in [-0.05, 0) is 37.2 Å². The predicted molar refractivity (Wildman–Crippen MR) is 105 cm³/mol. The Morgan fingerprint density at radius 3 is 2.30 bits per heavy atom. The summed E-state index contributed by atoms with van der Waals surface area (Å²) in [5.74, 6) is -1.00. The van der Waals surface area contributed by atoms with E-state index in [1.807, 2.05) is 6.07 Å². The van der Waals surface area contributed by atoms with E-state index in [-0.39, 0.29) is 23.6 Å². The second-order valence-corrected chi connectivity index (χ2v) is 6.66. The third-order valence-electron chi connectivity index (χ3n) is 4.77. The maximum absolute atomic E-state index is 12.0. The van der Waals surface area contributed by atoms with Gasteiger partial charge in [0, 0.05) is 38.3 Å². The SMILES string of the molecule is O=C(CCCN1CCN(c2ccccc2)CC1)NC(=O)c1ccccc1O. The molecule has 2 amide bonds. The summed E-state index contributed by atoms with van der Waals surface area (Å²) in [6.45, 7) is 4.71. The third kappa shape index (κ3) is 5.31. The van der Waals surface area contributed by atoms with Gasteiger partial charge < -0.3 is 10.0 Å². The van der Waals surface area contributed by atoms with Crippen LogP contribution in [0.1, 0.15) is 23.2 Å². The molecule has 0 aromatic heterocycles. The van der Waals surface area contributed by atoms with E-state index in [0.717, 1.165) is 32.7 Å². The summed E-state index contributed by atoms with van der Waals surface area (Å²) in [6, 6.07) is 16.6. The minimum absolute atomic E-state index is 0.114. The van der Waals surface area contributed by atoms with Gasteiger partial charge >= 0.3 is 0 Å². The van der Waals surface area contributed by atoms with E-state index in [0.29, 0.717) is 6.42 Å². The number of anilines is 1. The van der Waals surface area contributed by atoms with Crippen molar-refractivity contribution in [3.8, 4) is 5.75 Å². The van der Waals surface area contributed by atoms with Gasteiger partial charge in [0.2, 0.25) is 5.91 Å². The van der Waals surface area contributed by atoms with Crippen molar-refractivity contribution >= 4 is 17.5 Å². The number of phenolic OH excluding ortho intramolecular Hbond substituents is 1. The molecule has 2 aromatic carbocycles. The molecule has 2 aromatic rings. The van der Waals surface area contributed by atoms with E-state index in [4.69, 9.17) is 0 Å². The Bertz CT molecular complexity index is 771. The Kier molecular flexibility index (Phi) is 6.44. The number of piperazine rings is 1. The van der Waals surface area contributed by atoms with Crippen molar-refractivity contribution in [3.05, 3.63) is 60.2 Å². The maximum atomic E-state index is 12.0. The Morgan fingerprint density at radius 2 is 1.59 bits per heavy atom. The molecule has 0 atom stereocenters. The largest absolute Gasteiger partial charge is 0.507 e. The van der Waals surface area contributed by atoms with E-state index in [1.165, 1.54) is 17.8 Å². The van der Waals surface area contributed by atoms with E-state index < -0.39 is 5.91 Å². The smallest absolute Gasteiger partial charge is 0.261 e. The Hall–Kier alpha value is -2.86. The lowest BCUT2D eigenvalue weighted by Crippen LogP contribution is -2.46. The van der Waals surface area contributed by atoms with Gasteiger partial charge in [-0.15, -0.1) is 0 Å². The van der Waals surface area contributed by atoms with Crippen molar-refractivity contribution < 1.29 is 14.7 Å². The number of rotatable bonds is 6. The van der Waals surface area contributed by atoms with Gasteiger partial charge in [-0.3, -0.25) is 19.8 Å². The molecule has 1 heterocycles. The van der Waals surface area contributed by atoms with Crippen LogP contribution in [0.15, 0.2) is 54.6 Å². The second-order valence-electron chi connectivity index (χ2n) is 6.66. The molecule has 27 heavy (non-hydrogen) atoms. The number of aromatic hydroxyl groups is 1. The van der Waals surface area contributed by atoms with E-state index in [1.54, 1.807) is 12.1 Å². The molecule has 1 aliphatic rings. The molecule has 142 valence electrons. The van der Waals surface area contributed by atoms with Gasteiger partial charge in [0.25, 0.3) is 5.91 Å². The summed E-state index contributed by atoms with van der Waals surface area (Å²) in [4.78, 5) is 28.7. The number of phenols is 1. The average Bonchev–Trinajstić information content (AvgIpc) is 2.69. The molecule has 1 saturated heterocycles. The lowest BCUT2D eigenvalue weighted by molar-refractivity contribution is -0.120. The van der Waals surface area contributed by atoms with Gasteiger partial charge in [0.05, 0.1) is 5.56 Å². The van der Waals surface area contributed by atoms with Crippen molar-refractivity contribution in [2.75, 3.05) is 37.6 Å². The number of amides is 2. The van der Waals surface area contributed by atoms with Crippen molar-refractivity contribution in [1.82, 2.24) is 10.2 Å². The summed E-state index contributed by atoms with van der Waals surface area (Å²) in [5.41, 5.74) is 1.36. The van der Waals surface area contributed by atoms with E-state index >= 15 is 0 Å². The molecule has 0 saturated carbocycles. The van der Waals surface area contributed by atoms with Crippen LogP contribution in [0.4, 0.5) is 5.69 Å². The number of nitrogens with zero attached hydrogens (tertiary/aromatic N) is 2. The number of benzene rings is 2. The Balaban J connectivity index is 1.36. The van der Waals surface area contributed by atoms with Crippen LogP contribution in [0.5, 0.6) is 5.75 Å². The standard InChI is InChI=1S/C21H25N3O3/c25-19-10-5-4-9-18(19)21(27)22-20(26)11-6-12-23-13-15-24(16-14-23)17-7-2-1-3-8-17/h1-5,7-10,25H,6,11-16H2,(H,22,26,27). The van der Waals surface area contributed by atoms with Gasteiger partial charge in [-0.1, -0.05) is 30.3 Å². The average molecular weight is 367 g/mol. The van der Waals surface area contributed by atoms with Crippen LogP contribution >= 0.6 is 0 Å². The fourth-order valence-corrected chi connectivity index (χ4v) is 3.25. The van der Waals surface area contributed by atoms with Crippen molar-refractivity contribution in [2.45, 2.75) is 12.8 Å². The first kappa shape index (κ1) is 18.9. The predicted octanol–water partition coefficient (Wildman–Crippen LogP) is 2.25. The van der Waals surface area contributed by atoms with Gasteiger partial charge in [0.15, 0.2) is 0 Å². The highest BCUT2D eigenvalue weighted by Gasteiger charge is 2.18. The lowest BCUT2D eigenvalue weighted by atomic mass is 10.2. The summed E-state index contributed by atoms with van der Waals surface area (Å²) < 4.78 is 0. The number of carbonyl (C=O) groups excluding carboxylic acids is 2. The highest BCUT2D eigenvalue weighted by atomic mass is 16.3. The first-order valence-electron chi connectivity index (χ1n) is 9.28. The molecule has 6 nitrogen and oxygen atoms in total.